The molecule has 0 atom stereocenters. The number of hydrogen-bond acceptors (Lipinski definition) is 3. The molecule has 0 saturated heterocycles. The summed E-state index contributed by atoms with van der Waals surface area (Å²) < 4.78 is 58.0. The van der Waals surface area contributed by atoms with Crippen molar-refractivity contribution in [2.75, 3.05) is 16.8 Å². The Morgan fingerprint density at radius 2 is 1.86 bits per heavy atom. The lowest BCUT2D eigenvalue weighted by atomic mass is 9.97. The molecule has 9 heteroatoms. The van der Waals surface area contributed by atoms with E-state index < -0.39 is 36.0 Å². The van der Waals surface area contributed by atoms with Crippen LogP contribution in [0.2, 0.25) is 0 Å². The molecule has 4 rings (SSSR count). The minimum Gasteiger partial charge on any atom is -0.410 e. The monoisotopic (exact) mass is 394 g/mol. The lowest BCUT2D eigenvalue weighted by molar-refractivity contribution is -0.132. The molecule has 0 bridgehead atoms. The summed E-state index contributed by atoms with van der Waals surface area (Å²) in [4.78, 5) is 25.1. The summed E-state index contributed by atoms with van der Waals surface area (Å²) in [7, 11) is 0. The molecular formula is C19H14F4N2O3. The smallest absolute Gasteiger partial charge is 0.410 e. The van der Waals surface area contributed by atoms with E-state index in [1.54, 1.807) is 18.2 Å². The van der Waals surface area contributed by atoms with E-state index in [0.717, 1.165) is 6.07 Å². The molecule has 1 aliphatic heterocycles. The minimum absolute atomic E-state index is 0.112. The molecule has 1 spiro atoms. The number of alkyl halides is 3. The van der Waals surface area contributed by atoms with Crippen LogP contribution in [-0.4, -0.2) is 24.7 Å². The largest absolute Gasteiger partial charge is 0.417 e. The Balaban J connectivity index is 1.62. The summed E-state index contributed by atoms with van der Waals surface area (Å²) in [5, 5.41) is 2.24. The Labute approximate surface area is 156 Å². The second-order valence-corrected chi connectivity index (χ2v) is 6.77. The van der Waals surface area contributed by atoms with Gasteiger partial charge in [0.05, 0.1) is 16.8 Å². The topological polar surface area (TPSA) is 58.6 Å². The van der Waals surface area contributed by atoms with Crippen molar-refractivity contribution in [3.05, 3.63) is 53.8 Å². The van der Waals surface area contributed by atoms with E-state index in [2.05, 4.69) is 5.32 Å². The third-order valence-electron chi connectivity index (χ3n) is 4.82. The van der Waals surface area contributed by atoms with Crippen LogP contribution >= 0.6 is 0 Å². The van der Waals surface area contributed by atoms with E-state index in [9.17, 15) is 27.2 Å². The number of hydrogen-bond donors (Lipinski definition) is 1. The van der Waals surface area contributed by atoms with E-state index in [-0.39, 0.29) is 22.7 Å². The highest BCUT2D eigenvalue weighted by Crippen LogP contribution is 2.58. The summed E-state index contributed by atoms with van der Waals surface area (Å²) in [6.45, 7) is -1.48. The van der Waals surface area contributed by atoms with Crippen LogP contribution in [0.3, 0.4) is 0 Å². The van der Waals surface area contributed by atoms with Gasteiger partial charge in [0.2, 0.25) is 5.91 Å². The summed E-state index contributed by atoms with van der Waals surface area (Å²) >= 11 is 0. The Hall–Kier alpha value is -3.10. The lowest BCUT2D eigenvalue weighted by Gasteiger charge is -2.20. The fourth-order valence-electron chi connectivity index (χ4n) is 3.42. The first-order valence-electron chi connectivity index (χ1n) is 8.46. The van der Waals surface area contributed by atoms with Crippen molar-refractivity contribution in [1.29, 1.82) is 0 Å². The zero-order chi connectivity index (χ0) is 20.1. The Bertz CT molecular complexity index is 956. The fourth-order valence-corrected chi connectivity index (χ4v) is 3.42. The molecule has 2 aliphatic rings. The van der Waals surface area contributed by atoms with Gasteiger partial charge in [0.25, 0.3) is 0 Å². The van der Waals surface area contributed by atoms with Crippen molar-refractivity contribution in [3.8, 4) is 5.75 Å². The van der Waals surface area contributed by atoms with Gasteiger partial charge in [0, 0.05) is 6.07 Å². The zero-order valence-electron chi connectivity index (χ0n) is 14.3. The maximum Gasteiger partial charge on any atom is 0.417 e. The Morgan fingerprint density at radius 1 is 1.18 bits per heavy atom. The number of ether oxygens (including phenoxy) is 1. The van der Waals surface area contributed by atoms with Crippen LogP contribution in [0, 0.1) is 5.82 Å². The van der Waals surface area contributed by atoms with Gasteiger partial charge in [0.1, 0.15) is 18.1 Å². The first kappa shape index (κ1) is 18.3. The molecule has 1 heterocycles. The number of carbonyl (C=O) groups is 2. The van der Waals surface area contributed by atoms with Crippen molar-refractivity contribution >= 4 is 23.4 Å². The number of carbonyl (C=O) groups excluding carboxylic acids is 2. The number of para-hydroxylation sites is 1. The van der Waals surface area contributed by atoms with Gasteiger partial charge >= 0.3 is 12.3 Å². The van der Waals surface area contributed by atoms with Gasteiger partial charge in [-0.1, -0.05) is 18.2 Å². The summed E-state index contributed by atoms with van der Waals surface area (Å²) in [5.74, 6) is -1.41. The molecule has 28 heavy (non-hydrogen) atoms. The van der Waals surface area contributed by atoms with Crippen LogP contribution < -0.4 is 15.0 Å². The number of anilines is 2. The quantitative estimate of drug-likeness (QED) is 0.787. The second-order valence-electron chi connectivity index (χ2n) is 6.77. The molecule has 0 radical (unpaired) electrons. The molecule has 2 aromatic carbocycles. The normalized spacial score (nSPS) is 16.9. The summed E-state index contributed by atoms with van der Waals surface area (Å²) in [6.07, 6.45) is -4.80. The van der Waals surface area contributed by atoms with E-state index in [1.807, 2.05) is 0 Å². The number of amides is 2. The minimum atomic E-state index is -4.61. The highest BCUT2D eigenvalue weighted by molar-refractivity contribution is 6.10. The SMILES string of the molecule is O=C(Nc1cc2c(cc1F)N(CC(F)(F)F)C(=O)C21CC1)Oc1ccccc1. The highest BCUT2D eigenvalue weighted by atomic mass is 19.4. The molecule has 146 valence electrons. The fraction of sp³-hybridized carbons (Fsp3) is 0.263. The third kappa shape index (κ3) is 3.17. The van der Waals surface area contributed by atoms with Crippen molar-refractivity contribution in [3.63, 3.8) is 0 Å². The molecule has 1 fully saturated rings. The van der Waals surface area contributed by atoms with Crippen molar-refractivity contribution in [2.45, 2.75) is 24.4 Å². The van der Waals surface area contributed by atoms with Crippen molar-refractivity contribution < 1.29 is 31.9 Å². The van der Waals surface area contributed by atoms with Crippen LogP contribution in [0.15, 0.2) is 42.5 Å². The molecule has 5 nitrogen and oxygen atoms in total. The van der Waals surface area contributed by atoms with Gasteiger partial charge in [-0.25, -0.2) is 9.18 Å². The standard InChI is InChI=1S/C19H14F4N2O3/c20-13-9-15-12(18(6-7-18)16(26)25(15)10-19(21,22)23)8-14(13)24-17(27)28-11-4-2-1-3-5-11/h1-5,8-9H,6-7,10H2,(H,24,27). The zero-order valence-corrected chi connectivity index (χ0v) is 14.3. The van der Waals surface area contributed by atoms with Crippen LogP contribution in [0.1, 0.15) is 18.4 Å². The predicted molar refractivity (Wildman–Crippen MR) is 91.8 cm³/mol. The predicted octanol–water partition coefficient (Wildman–Crippen LogP) is 4.38. The average molecular weight is 394 g/mol. The second kappa shape index (κ2) is 6.22. The summed E-state index contributed by atoms with van der Waals surface area (Å²) in [5.41, 5.74) is -1.14. The molecule has 2 amide bonds. The van der Waals surface area contributed by atoms with Gasteiger partial charge in [0.15, 0.2) is 0 Å². The highest BCUT2D eigenvalue weighted by Gasteiger charge is 2.60. The van der Waals surface area contributed by atoms with E-state index in [0.29, 0.717) is 17.7 Å². The van der Waals surface area contributed by atoms with Gasteiger partial charge in [-0.15, -0.1) is 0 Å². The third-order valence-corrected chi connectivity index (χ3v) is 4.82. The summed E-state index contributed by atoms with van der Waals surface area (Å²) in [6, 6.07) is 10.2. The molecule has 0 unspecified atom stereocenters. The van der Waals surface area contributed by atoms with Gasteiger partial charge in [-0.3, -0.25) is 10.1 Å². The first-order chi connectivity index (χ1) is 13.2. The maximum atomic E-state index is 14.5. The van der Waals surface area contributed by atoms with Crippen molar-refractivity contribution in [1.82, 2.24) is 0 Å². The van der Waals surface area contributed by atoms with Crippen LogP contribution in [0.5, 0.6) is 5.75 Å². The van der Waals surface area contributed by atoms with Crippen LogP contribution in [0.4, 0.5) is 33.7 Å². The Morgan fingerprint density at radius 3 is 2.46 bits per heavy atom. The Kier molecular flexibility index (Phi) is 4.06. The number of nitrogens with one attached hydrogen (secondary N) is 1. The average Bonchev–Trinajstić information content (AvgIpc) is 3.39. The van der Waals surface area contributed by atoms with Gasteiger partial charge < -0.3 is 9.64 Å². The van der Waals surface area contributed by atoms with Crippen LogP contribution in [-0.2, 0) is 10.2 Å². The van der Waals surface area contributed by atoms with Gasteiger partial charge in [-0.2, -0.15) is 13.2 Å². The van der Waals surface area contributed by atoms with Gasteiger partial charge in [-0.05, 0) is 36.6 Å². The lowest BCUT2D eigenvalue weighted by Crippen LogP contribution is -2.39. The maximum absolute atomic E-state index is 14.5. The molecule has 2 aromatic rings. The van der Waals surface area contributed by atoms with E-state index in [4.69, 9.17) is 4.74 Å². The number of rotatable bonds is 3. The first-order valence-corrected chi connectivity index (χ1v) is 8.46. The molecule has 1 saturated carbocycles. The molecular weight excluding hydrogens is 380 g/mol. The number of nitrogens with zero attached hydrogens (tertiary/aromatic N) is 1. The number of benzene rings is 2. The van der Waals surface area contributed by atoms with E-state index in [1.165, 1.54) is 18.2 Å². The number of halogens is 4. The van der Waals surface area contributed by atoms with E-state index >= 15 is 0 Å². The molecule has 1 N–H and O–H groups in total. The molecule has 0 aromatic heterocycles. The number of fused-ring (bicyclic) bond motifs is 2. The van der Waals surface area contributed by atoms with Crippen molar-refractivity contribution in [2.24, 2.45) is 0 Å². The molecule has 1 aliphatic carbocycles. The van der Waals surface area contributed by atoms with Crippen LogP contribution in [0.25, 0.3) is 0 Å².